The molecule has 0 spiro atoms. The van der Waals surface area contributed by atoms with Gasteiger partial charge in [0.15, 0.2) is 8.32 Å². The fourth-order valence-electron chi connectivity index (χ4n) is 1.67. The molecule has 1 saturated carbocycles. The van der Waals surface area contributed by atoms with Gasteiger partial charge in [0.05, 0.1) is 0 Å². The molecule has 1 aliphatic carbocycles. The second-order valence-electron chi connectivity index (χ2n) is 4.27. The van der Waals surface area contributed by atoms with Gasteiger partial charge >= 0.3 is 0 Å². The maximum Gasteiger partial charge on any atom is 0.196 e. The van der Waals surface area contributed by atoms with E-state index >= 15 is 0 Å². The summed E-state index contributed by atoms with van der Waals surface area (Å²) in [6.45, 7) is 4.65. The summed E-state index contributed by atoms with van der Waals surface area (Å²) in [5, 5.41) is 0. The van der Waals surface area contributed by atoms with Gasteiger partial charge in [-0.3, -0.25) is 0 Å². The fraction of sp³-hybridized carbons (Fsp3) is 1.00. The molecular formula is C9H19IOSi. The minimum absolute atomic E-state index is 0.607. The van der Waals surface area contributed by atoms with E-state index in [1.54, 1.807) is 0 Å². The van der Waals surface area contributed by atoms with Gasteiger partial charge < -0.3 is 4.43 Å². The van der Waals surface area contributed by atoms with E-state index in [1.165, 1.54) is 36.2 Å². The average molecular weight is 298 g/mol. The second kappa shape index (κ2) is 4.96. The Morgan fingerprint density at radius 2 is 1.83 bits per heavy atom. The van der Waals surface area contributed by atoms with E-state index in [-0.39, 0.29) is 0 Å². The second-order valence-corrected chi connectivity index (χ2v) is 10.6. The number of halogens is 1. The Labute approximate surface area is 90.5 Å². The Morgan fingerprint density at radius 1 is 1.25 bits per heavy atom. The zero-order chi connectivity index (χ0) is 9.03. The third-order valence-electron chi connectivity index (χ3n) is 2.36. The van der Waals surface area contributed by atoms with Crippen molar-refractivity contribution in [3.8, 4) is 0 Å². The van der Waals surface area contributed by atoms with Gasteiger partial charge in [-0.25, -0.2) is 0 Å². The summed E-state index contributed by atoms with van der Waals surface area (Å²) in [6.07, 6.45) is 7.43. The lowest BCUT2D eigenvalue weighted by Gasteiger charge is -2.30. The molecule has 0 saturated heterocycles. The van der Waals surface area contributed by atoms with Crippen LogP contribution in [-0.4, -0.2) is 18.5 Å². The lowest BCUT2D eigenvalue weighted by molar-refractivity contribution is 0.148. The molecule has 0 aromatic heterocycles. The summed E-state index contributed by atoms with van der Waals surface area (Å²) in [5.41, 5.74) is 0. The van der Waals surface area contributed by atoms with E-state index in [0.29, 0.717) is 6.10 Å². The summed E-state index contributed by atoms with van der Waals surface area (Å²) in [5.74, 6) is 0. The average Bonchev–Trinajstić information content (AvgIpc) is 2.06. The molecule has 0 N–H and O–H groups in total. The standard InChI is InChI=1S/C9H19IOSi/c1-12(2,8-10)11-9-6-4-3-5-7-9/h9H,3-8H2,1-2H3. The summed E-state index contributed by atoms with van der Waals surface area (Å²) >= 11 is 2.46. The molecule has 1 rings (SSSR count). The smallest absolute Gasteiger partial charge is 0.196 e. The van der Waals surface area contributed by atoms with Crippen molar-refractivity contribution in [3.05, 3.63) is 0 Å². The SMILES string of the molecule is C[Si](C)(CI)OC1CCCCC1. The highest BCUT2D eigenvalue weighted by Crippen LogP contribution is 2.24. The molecule has 0 radical (unpaired) electrons. The zero-order valence-electron chi connectivity index (χ0n) is 8.11. The van der Waals surface area contributed by atoms with Crippen molar-refractivity contribution >= 4 is 30.9 Å². The number of rotatable bonds is 3. The molecule has 3 heteroatoms. The normalized spacial score (nSPS) is 21.2. The van der Waals surface area contributed by atoms with Gasteiger partial charge in [0.2, 0.25) is 0 Å². The molecule has 0 aliphatic heterocycles. The van der Waals surface area contributed by atoms with Crippen LogP contribution in [0.1, 0.15) is 32.1 Å². The first kappa shape index (κ1) is 11.0. The highest BCUT2D eigenvalue weighted by Gasteiger charge is 2.26. The van der Waals surface area contributed by atoms with E-state index in [2.05, 4.69) is 35.7 Å². The highest BCUT2D eigenvalue weighted by atomic mass is 127. The topological polar surface area (TPSA) is 9.23 Å². The van der Waals surface area contributed by atoms with Gasteiger partial charge in [-0.2, -0.15) is 0 Å². The Bertz CT molecular complexity index is 132. The molecule has 0 bridgehead atoms. The van der Waals surface area contributed by atoms with Crippen molar-refractivity contribution in [1.82, 2.24) is 0 Å². The molecule has 1 fully saturated rings. The van der Waals surface area contributed by atoms with Crippen molar-refractivity contribution < 1.29 is 4.43 Å². The van der Waals surface area contributed by atoms with Crippen LogP contribution >= 0.6 is 22.6 Å². The Hall–Kier alpha value is 0.907. The van der Waals surface area contributed by atoms with Crippen LogP contribution in [0.5, 0.6) is 0 Å². The van der Waals surface area contributed by atoms with Crippen LogP contribution in [0, 0.1) is 0 Å². The Morgan fingerprint density at radius 3 is 2.33 bits per heavy atom. The van der Waals surface area contributed by atoms with Gasteiger partial charge in [0.25, 0.3) is 0 Å². The van der Waals surface area contributed by atoms with Crippen LogP contribution < -0.4 is 0 Å². The van der Waals surface area contributed by atoms with Crippen molar-refractivity contribution in [2.24, 2.45) is 0 Å². The maximum atomic E-state index is 6.16. The number of hydrogen-bond acceptors (Lipinski definition) is 1. The van der Waals surface area contributed by atoms with Crippen molar-refractivity contribution in [3.63, 3.8) is 0 Å². The van der Waals surface area contributed by atoms with Gasteiger partial charge in [0.1, 0.15) is 0 Å². The molecule has 0 atom stereocenters. The summed E-state index contributed by atoms with van der Waals surface area (Å²) in [6, 6.07) is 0. The minimum Gasteiger partial charge on any atom is -0.414 e. The Balaban J connectivity index is 2.28. The molecule has 0 aromatic rings. The largest absolute Gasteiger partial charge is 0.414 e. The fourth-order valence-corrected chi connectivity index (χ4v) is 3.41. The monoisotopic (exact) mass is 298 g/mol. The zero-order valence-corrected chi connectivity index (χ0v) is 11.3. The van der Waals surface area contributed by atoms with Crippen LogP contribution in [0.15, 0.2) is 0 Å². The van der Waals surface area contributed by atoms with Gasteiger partial charge in [-0.05, 0) is 25.9 Å². The quantitative estimate of drug-likeness (QED) is 0.440. The van der Waals surface area contributed by atoms with Crippen LogP contribution in [0.2, 0.25) is 13.1 Å². The van der Waals surface area contributed by atoms with Crippen molar-refractivity contribution in [1.29, 1.82) is 0 Å². The maximum absolute atomic E-state index is 6.16. The Kier molecular flexibility index (Phi) is 4.54. The number of alkyl halides is 1. The van der Waals surface area contributed by atoms with Gasteiger partial charge in [-0.1, -0.05) is 41.9 Å². The first-order valence-electron chi connectivity index (χ1n) is 4.88. The van der Waals surface area contributed by atoms with Crippen LogP contribution in [0.4, 0.5) is 0 Å². The molecule has 1 aliphatic rings. The molecular weight excluding hydrogens is 279 g/mol. The van der Waals surface area contributed by atoms with E-state index in [4.69, 9.17) is 4.43 Å². The lowest BCUT2D eigenvalue weighted by atomic mass is 9.98. The van der Waals surface area contributed by atoms with Gasteiger partial charge in [0, 0.05) is 10.2 Å². The molecule has 72 valence electrons. The first-order valence-corrected chi connectivity index (χ1v) is 9.52. The van der Waals surface area contributed by atoms with Crippen molar-refractivity contribution in [2.45, 2.75) is 51.3 Å². The van der Waals surface area contributed by atoms with Crippen LogP contribution in [-0.2, 0) is 4.43 Å². The third-order valence-corrected chi connectivity index (χ3v) is 9.49. The van der Waals surface area contributed by atoms with E-state index in [0.717, 1.165) is 0 Å². The summed E-state index contributed by atoms with van der Waals surface area (Å²) in [4.78, 5) is 0. The molecule has 0 amide bonds. The predicted octanol–water partition coefficient (Wildman–Crippen LogP) is 3.52. The van der Waals surface area contributed by atoms with E-state index < -0.39 is 8.32 Å². The number of hydrogen-bond donors (Lipinski definition) is 0. The summed E-state index contributed by atoms with van der Waals surface area (Å²) in [7, 11) is -1.28. The van der Waals surface area contributed by atoms with E-state index in [1.807, 2.05) is 0 Å². The first-order chi connectivity index (χ1) is 5.64. The predicted molar refractivity (Wildman–Crippen MR) is 64.3 cm³/mol. The van der Waals surface area contributed by atoms with Crippen molar-refractivity contribution in [2.75, 3.05) is 4.05 Å². The van der Waals surface area contributed by atoms with Crippen LogP contribution in [0.25, 0.3) is 0 Å². The molecule has 1 nitrogen and oxygen atoms in total. The summed E-state index contributed by atoms with van der Waals surface area (Å²) < 4.78 is 7.38. The third kappa shape index (κ3) is 3.74. The highest BCUT2D eigenvalue weighted by molar-refractivity contribution is 14.1. The minimum atomic E-state index is -1.28. The molecule has 0 aromatic carbocycles. The van der Waals surface area contributed by atoms with E-state index in [9.17, 15) is 0 Å². The van der Waals surface area contributed by atoms with Gasteiger partial charge in [-0.15, -0.1) is 0 Å². The lowest BCUT2D eigenvalue weighted by Crippen LogP contribution is -2.38. The molecule has 12 heavy (non-hydrogen) atoms. The molecule has 0 unspecified atom stereocenters. The van der Waals surface area contributed by atoms with Crippen LogP contribution in [0.3, 0.4) is 0 Å². The molecule has 0 heterocycles.